The number of hydrogen-bond donors (Lipinski definition) is 1. The van der Waals surface area contributed by atoms with Crippen molar-refractivity contribution in [2.75, 3.05) is 21.3 Å². The second kappa shape index (κ2) is 6.83. The molecule has 0 bridgehead atoms. The fourth-order valence-electron chi connectivity index (χ4n) is 2.06. The van der Waals surface area contributed by atoms with E-state index in [1.807, 2.05) is 12.1 Å². The lowest BCUT2D eigenvalue weighted by Crippen LogP contribution is -2.03. The van der Waals surface area contributed by atoms with Crippen molar-refractivity contribution in [3.8, 4) is 17.2 Å². The van der Waals surface area contributed by atoms with Crippen molar-refractivity contribution in [2.24, 2.45) is 0 Å². The van der Waals surface area contributed by atoms with Crippen LogP contribution in [-0.2, 0) is 0 Å². The van der Waals surface area contributed by atoms with Crippen molar-refractivity contribution < 1.29 is 19.3 Å². The molecule has 0 amide bonds. The predicted octanol–water partition coefficient (Wildman–Crippen LogP) is 3.56. The second-order valence-corrected chi connectivity index (χ2v) is 5.26. The average Bonchev–Trinajstić information content (AvgIpc) is 2.54. The third-order valence-corrected chi connectivity index (χ3v) is 3.85. The maximum absolute atomic E-state index is 10.6. The Morgan fingerprint density at radius 3 is 2.05 bits per heavy atom. The van der Waals surface area contributed by atoms with Gasteiger partial charge in [0.1, 0.15) is 23.4 Å². The lowest BCUT2D eigenvalue weighted by atomic mass is 10.00. The highest BCUT2D eigenvalue weighted by Gasteiger charge is 2.18. The topological polar surface area (TPSA) is 47.9 Å². The van der Waals surface area contributed by atoms with Crippen LogP contribution in [0.1, 0.15) is 17.2 Å². The predicted molar refractivity (Wildman–Crippen MR) is 84.3 cm³/mol. The first-order valence-corrected chi connectivity index (χ1v) is 7.13. The SMILES string of the molecule is COc1ccc(C(O)c2cc(OC)c(Br)cc2OC)cc1. The Bertz CT molecular complexity index is 610. The van der Waals surface area contributed by atoms with Crippen molar-refractivity contribution in [2.45, 2.75) is 6.10 Å². The van der Waals surface area contributed by atoms with Gasteiger partial charge in [-0.25, -0.2) is 0 Å². The maximum atomic E-state index is 10.6. The molecule has 5 heteroatoms. The summed E-state index contributed by atoms with van der Waals surface area (Å²) in [7, 11) is 4.75. The van der Waals surface area contributed by atoms with E-state index in [2.05, 4.69) is 15.9 Å². The summed E-state index contributed by atoms with van der Waals surface area (Å²) in [5.74, 6) is 1.97. The maximum Gasteiger partial charge on any atom is 0.133 e. The van der Waals surface area contributed by atoms with Gasteiger partial charge in [-0.05, 0) is 45.8 Å². The van der Waals surface area contributed by atoms with Crippen LogP contribution in [0.25, 0.3) is 0 Å². The van der Waals surface area contributed by atoms with Crippen LogP contribution in [0.3, 0.4) is 0 Å². The highest BCUT2D eigenvalue weighted by molar-refractivity contribution is 9.10. The summed E-state index contributed by atoms with van der Waals surface area (Å²) in [6, 6.07) is 10.8. The summed E-state index contributed by atoms with van der Waals surface area (Å²) in [6.07, 6.45) is -0.812. The van der Waals surface area contributed by atoms with Gasteiger partial charge >= 0.3 is 0 Å². The van der Waals surface area contributed by atoms with Crippen molar-refractivity contribution in [3.05, 3.63) is 52.0 Å². The van der Waals surface area contributed by atoms with E-state index < -0.39 is 6.10 Å². The zero-order chi connectivity index (χ0) is 15.4. The minimum atomic E-state index is -0.812. The van der Waals surface area contributed by atoms with Crippen LogP contribution >= 0.6 is 15.9 Å². The Hall–Kier alpha value is -1.72. The van der Waals surface area contributed by atoms with Gasteiger partial charge in [0.05, 0.1) is 25.8 Å². The molecule has 1 unspecified atom stereocenters. The number of halogens is 1. The minimum Gasteiger partial charge on any atom is -0.497 e. The third-order valence-electron chi connectivity index (χ3n) is 3.23. The molecule has 0 saturated heterocycles. The largest absolute Gasteiger partial charge is 0.497 e. The smallest absolute Gasteiger partial charge is 0.133 e. The third kappa shape index (κ3) is 3.31. The van der Waals surface area contributed by atoms with E-state index in [4.69, 9.17) is 14.2 Å². The molecule has 0 aromatic heterocycles. The molecule has 2 rings (SSSR count). The Morgan fingerprint density at radius 2 is 1.52 bits per heavy atom. The Labute approximate surface area is 132 Å². The number of methoxy groups -OCH3 is 3. The first-order valence-electron chi connectivity index (χ1n) is 6.34. The van der Waals surface area contributed by atoms with Gasteiger partial charge in [-0.2, -0.15) is 0 Å². The summed E-state index contributed by atoms with van der Waals surface area (Å²) in [6.45, 7) is 0. The van der Waals surface area contributed by atoms with Crippen LogP contribution in [0, 0.1) is 0 Å². The van der Waals surface area contributed by atoms with Crippen molar-refractivity contribution in [1.29, 1.82) is 0 Å². The number of hydrogen-bond acceptors (Lipinski definition) is 4. The summed E-state index contributed by atoms with van der Waals surface area (Å²) in [5, 5.41) is 10.6. The normalized spacial score (nSPS) is 11.9. The van der Waals surface area contributed by atoms with Crippen LogP contribution in [0.2, 0.25) is 0 Å². The summed E-state index contributed by atoms with van der Waals surface area (Å²) in [4.78, 5) is 0. The van der Waals surface area contributed by atoms with Gasteiger partial charge in [0.25, 0.3) is 0 Å². The van der Waals surface area contributed by atoms with Gasteiger partial charge < -0.3 is 19.3 Å². The van der Waals surface area contributed by atoms with E-state index >= 15 is 0 Å². The second-order valence-electron chi connectivity index (χ2n) is 4.40. The molecule has 4 nitrogen and oxygen atoms in total. The van der Waals surface area contributed by atoms with Crippen LogP contribution in [0.5, 0.6) is 17.2 Å². The van der Waals surface area contributed by atoms with Crippen molar-refractivity contribution in [1.82, 2.24) is 0 Å². The molecule has 112 valence electrons. The Kier molecular flexibility index (Phi) is 5.09. The van der Waals surface area contributed by atoms with Crippen molar-refractivity contribution >= 4 is 15.9 Å². The van der Waals surface area contributed by atoms with Crippen molar-refractivity contribution in [3.63, 3.8) is 0 Å². The molecule has 2 aromatic rings. The number of rotatable bonds is 5. The average molecular weight is 353 g/mol. The molecule has 0 fully saturated rings. The molecular formula is C16H17BrO4. The van der Waals surface area contributed by atoms with Crippen LogP contribution in [0.15, 0.2) is 40.9 Å². The Balaban J connectivity index is 2.43. The first-order chi connectivity index (χ1) is 10.1. The van der Waals surface area contributed by atoms with Gasteiger partial charge in [0.15, 0.2) is 0 Å². The van der Waals surface area contributed by atoms with E-state index in [0.717, 1.165) is 15.8 Å². The molecule has 0 aliphatic rings. The standard InChI is InChI=1S/C16H17BrO4/c1-19-11-6-4-10(5-7-11)16(18)12-8-15(21-3)13(17)9-14(12)20-2/h4-9,16,18H,1-3H3. The van der Waals surface area contributed by atoms with Gasteiger partial charge in [0.2, 0.25) is 0 Å². The van der Waals surface area contributed by atoms with Crippen LogP contribution in [-0.4, -0.2) is 26.4 Å². The molecule has 0 heterocycles. The molecule has 21 heavy (non-hydrogen) atoms. The fraction of sp³-hybridized carbons (Fsp3) is 0.250. The monoisotopic (exact) mass is 352 g/mol. The summed E-state index contributed by atoms with van der Waals surface area (Å²) >= 11 is 3.40. The lowest BCUT2D eigenvalue weighted by molar-refractivity contribution is 0.214. The zero-order valence-corrected chi connectivity index (χ0v) is 13.7. The molecule has 0 radical (unpaired) electrons. The van der Waals surface area contributed by atoms with Gasteiger partial charge in [0, 0.05) is 5.56 Å². The zero-order valence-electron chi connectivity index (χ0n) is 12.1. The molecule has 1 atom stereocenters. The highest BCUT2D eigenvalue weighted by atomic mass is 79.9. The minimum absolute atomic E-state index is 0.589. The molecule has 0 spiro atoms. The number of benzene rings is 2. The van der Waals surface area contributed by atoms with Gasteiger partial charge in [-0.15, -0.1) is 0 Å². The van der Waals surface area contributed by atoms with E-state index in [-0.39, 0.29) is 0 Å². The Morgan fingerprint density at radius 1 is 0.905 bits per heavy atom. The van der Waals surface area contributed by atoms with Crippen LogP contribution < -0.4 is 14.2 Å². The summed E-state index contributed by atoms with van der Waals surface area (Å²) in [5.41, 5.74) is 1.39. The molecule has 2 aromatic carbocycles. The molecule has 0 aliphatic carbocycles. The number of ether oxygens (including phenoxy) is 3. The van der Waals surface area contributed by atoms with Gasteiger partial charge in [-0.3, -0.25) is 0 Å². The molecule has 1 N–H and O–H groups in total. The van der Waals surface area contributed by atoms with E-state index in [0.29, 0.717) is 17.1 Å². The molecule has 0 saturated carbocycles. The molecular weight excluding hydrogens is 336 g/mol. The number of aliphatic hydroxyl groups is 1. The first kappa shape index (κ1) is 15.7. The summed E-state index contributed by atoms with van der Waals surface area (Å²) < 4.78 is 16.5. The fourth-order valence-corrected chi connectivity index (χ4v) is 2.55. The molecule has 0 aliphatic heterocycles. The highest BCUT2D eigenvalue weighted by Crippen LogP contribution is 2.38. The van der Waals surface area contributed by atoms with Gasteiger partial charge in [-0.1, -0.05) is 12.1 Å². The van der Waals surface area contributed by atoms with E-state index in [1.165, 1.54) is 0 Å². The van der Waals surface area contributed by atoms with Crippen LogP contribution in [0.4, 0.5) is 0 Å². The quantitative estimate of drug-likeness (QED) is 0.893. The number of aliphatic hydroxyl groups excluding tert-OH is 1. The van der Waals surface area contributed by atoms with E-state index in [9.17, 15) is 5.11 Å². The lowest BCUT2D eigenvalue weighted by Gasteiger charge is -2.17. The van der Waals surface area contributed by atoms with E-state index in [1.54, 1.807) is 45.6 Å².